The van der Waals surface area contributed by atoms with E-state index in [1.165, 1.54) is 23.2 Å². The number of carbonyl (C=O) groups excluding carboxylic acids is 6. The monoisotopic (exact) mass is 912 g/mol. The lowest BCUT2D eigenvalue weighted by molar-refractivity contribution is -0.144. The summed E-state index contributed by atoms with van der Waals surface area (Å²) >= 11 is 0. The van der Waals surface area contributed by atoms with Crippen molar-refractivity contribution in [3.8, 4) is 0 Å². The van der Waals surface area contributed by atoms with Gasteiger partial charge in [-0.3, -0.25) is 34.4 Å². The fourth-order valence-corrected chi connectivity index (χ4v) is 5.83. The SMILES string of the molecule is CC(C)(C)OC(=O)NCCN(CC(=O)NCCN(CC(=O)O)C(=O)Cn1ccc(NC(=O)OCc2ccccc2)nc1=O)C(=O)Cn1cnc2c(NC(=O)OCc3ccccc3)ncnc21. The van der Waals surface area contributed by atoms with Gasteiger partial charge in [0, 0.05) is 32.4 Å². The van der Waals surface area contributed by atoms with Crippen molar-refractivity contribution < 1.29 is 52.9 Å². The molecule has 5 N–H and O–H groups in total. The van der Waals surface area contributed by atoms with Gasteiger partial charge in [-0.15, -0.1) is 0 Å². The molecule has 5 rings (SSSR count). The summed E-state index contributed by atoms with van der Waals surface area (Å²) in [5, 5.41) is 19.5. The molecule has 2 aromatic carbocycles. The molecule has 348 valence electrons. The van der Waals surface area contributed by atoms with Crippen LogP contribution in [-0.4, -0.2) is 131 Å². The predicted molar refractivity (Wildman–Crippen MR) is 232 cm³/mol. The van der Waals surface area contributed by atoms with Crippen molar-refractivity contribution in [3.63, 3.8) is 0 Å². The predicted octanol–water partition coefficient (Wildman–Crippen LogP) is 1.96. The number of fused-ring (bicyclic) bond motifs is 1. The largest absolute Gasteiger partial charge is 0.480 e. The molecule has 0 unspecified atom stereocenters. The van der Waals surface area contributed by atoms with Crippen molar-refractivity contribution in [3.05, 3.63) is 107 Å². The third-order valence-electron chi connectivity index (χ3n) is 8.88. The number of carboxylic acids is 1. The maximum Gasteiger partial charge on any atom is 0.413 e. The van der Waals surface area contributed by atoms with Crippen molar-refractivity contribution in [1.82, 2.24) is 49.5 Å². The minimum absolute atomic E-state index is 0.00176. The zero-order chi connectivity index (χ0) is 47.6. The first kappa shape index (κ1) is 48.6. The summed E-state index contributed by atoms with van der Waals surface area (Å²) < 4.78 is 17.9. The molecule has 0 aliphatic rings. The number of aromatic nitrogens is 6. The van der Waals surface area contributed by atoms with Gasteiger partial charge in [0.05, 0.1) is 12.9 Å². The van der Waals surface area contributed by atoms with E-state index in [1.54, 1.807) is 69.3 Å². The van der Waals surface area contributed by atoms with Gasteiger partial charge >= 0.3 is 29.9 Å². The topological polar surface area (TPSA) is 300 Å². The number of carboxylic acid groups (broad SMARTS) is 1. The summed E-state index contributed by atoms with van der Waals surface area (Å²) in [6.45, 7) is 1.81. The van der Waals surface area contributed by atoms with E-state index in [9.17, 15) is 43.5 Å². The van der Waals surface area contributed by atoms with Crippen LogP contribution in [0.4, 0.5) is 26.0 Å². The maximum absolute atomic E-state index is 13.8. The standard InChI is InChI=1S/C42H48N12O12/c1-42(2,3)66-39(61)44-16-19-51(33(57)22-54-27-47-35-36(45-26-46-37(35)54)50-41(63)65-25-29-12-8-5-9-13-29)20-31(55)43-15-18-52(23-34(58)59)32(56)21-53-17-14-30(48-38(53)60)49-40(62)64-24-28-10-6-4-7-11-28/h4-14,17,26-27H,15-16,18-25H2,1-3H3,(H,43,55)(H,44,61)(H,58,59)(H,45,46,50,63)(H,48,49,60,62). The highest BCUT2D eigenvalue weighted by Gasteiger charge is 2.23. The molecule has 6 amide bonds. The average molecular weight is 913 g/mol. The van der Waals surface area contributed by atoms with Crippen LogP contribution in [0.2, 0.25) is 0 Å². The van der Waals surface area contributed by atoms with Crippen molar-refractivity contribution in [1.29, 1.82) is 0 Å². The second-order valence-electron chi connectivity index (χ2n) is 15.2. The number of ether oxygens (including phenoxy) is 3. The Labute approximate surface area is 376 Å². The molecule has 0 fully saturated rings. The number of imidazole rings is 1. The van der Waals surface area contributed by atoms with Crippen LogP contribution in [0.1, 0.15) is 31.9 Å². The van der Waals surface area contributed by atoms with Gasteiger partial charge in [0.15, 0.2) is 17.0 Å². The summed E-state index contributed by atoms with van der Waals surface area (Å²) in [4.78, 5) is 120. The van der Waals surface area contributed by atoms with E-state index in [2.05, 4.69) is 41.2 Å². The van der Waals surface area contributed by atoms with E-state index in [0.29, 0.717) is 0 Å². The molecule has 5 aromatic rings. The van der Waals surface area contributed by atoms with Crippen LogP contribution in [0.5, 0.6) is 0 Å². The first-order chi connectivity index (χ1) is 31.5. The molecular weight excluding hydrogens is 865 g/mol. The first-order valence-electron chi connectivity index (χ1n) is 20.2. The van der Waals surface area contributed by atoms with Gasteiger partial charge < -0.3 is 44.3 Å². The van der Waals surface area contributed by atoms with E-state index in [-0.39, 0.29) is 62.2 Å². The summed E-state index contributed by atoms with van der Waals surface area (Å²) in [6.07, 6.45) is 1.20. The molecule has 0 bridgehead atoms. The molecule has 0 spiro atoms. The Morgan fingerprint density at radius 1 is 0.697 bits per heavy atom. The molecule has 0 saturated heterocycles. The summed E-state index contributed by atoms with van der Waals surface area (Å²) in [6, 6.07) is 19.1. The number of nitrogens with one attached hydrogen (secondary N) is 4. The fraction of sp³-hybridized carbons (Fsp3) is 0.333. The molecular formula is C42H48N12O12. The Bertz CT molecular complexity index is 2560. The number of hydrogen-bond acceptors (Lipinski definition) is 15. The summed E-state index contributed by atoms with van der Waals surface area (Å²) in [5.74, 6) is -3.61. The van der Waals surface area contributed by atoms with Crippen LogP contribution in [0, 0.1) is 0 Å². The van der Waals surface area contributed by atoms with Crippen LogP contribution < -0.4 is 27.0 Å². The lowest BCUT2D eigenvalue weighted by Gasteiger charge is -2.25. The molecule has 3 heterocycles. The van der Waals surface area contributed by atoms with Crippen molar-refractivity contribution in [2.45, 2.75) is 52.7 Å². The van der Waals surface area contributed by atoms with Gasteiger partial charge in [0.2, 0.25) is 17.7 Å². The number of nitrogens with zero attached hydrogens (tertiary/aromatic N) is 8. The highest BCUT2D eigenvalue weighted by atomic mass is 16.6. The number of carbonyl (C=O) groups is 7. The first-order valence-corrected chi connectivity index (χ1v) is 20.2. The van der Waals surface area contributed by atoms with Gasteiger partial charge in [-0.05, 0) is 38.0 Å². The molecule has 0 radical (unpaired) electrons. The second kappa shape index (κ2) is 23.3. The molecule has 66 heavy (non-hydrogen) atoms. The Morgan fingerprint density at radius 2 is 1.27 bits per heavy atom. The van der Waals surface area contributed by atoms with Gasteiger partial charge in [0.25, 0.3) is 0 Å². The maximum atomic E-state index is 13.8. The van der Waals surface area contributed by atoms with E-state index in [1.807, 2.05) is 12.1 Å². The molecule has 24 nitrogen and oxygen atoms in total. The van der Waals surface area contributed by atoms with E-state index < -0.39 is 79.4 Å². The van der Waals surface area contributed by atoms with Crippen LogP contribution in [0.3, 0.4) is 0 Å². The Balaban J connectivity index is 1.18. The van der Waals surface area contributed by atoms with Crippen molar-refractivity contribution in [2.75, 3.05) is 49.9 Å². The molecule has 0 aliphatic carbocycles. The number of rotatable bonds is 20. The second-order valence-corrected chi connectivity index (χ2v) is 15.2. The van der Waals surface area contributed by atoms with Crippen LogP contribution >= 0.6 is 0 Å². The highest BCUT2D eigenvalue weighted by Crippen LogP contribution is 2.18. The quantitative estimate of drug-likeness (QED) is 0.0697. The number of anilines is 2. The lowest BCUT2D eigenvalue weighted by Crippen LogP contribution is -2.48. The summed E-state index contributed by atoms with van der Waals surface area (Å²) in [7, 11) is 0. The Morgan fingerprint density at radius 3 is 1.86 bits per heavy atom. The molecule has 24 heteroatoms. The molecule has 3 aromatic heterocycles. The number of benzene rings is 2. The average Bonchev–Trinajstić information content (AvgIpc) is 3.68. The van der Waals surface area contributed by atoms with Crippen molar-refractivity contribution in [2.24, 2.45) is 0 Å². The Hall–Kier alpha value is -8.44. The van der Waals surface area contributed by atoms with Crippen LogP contribution in [0.15, 0.2) is 90.4 Å². The van der Waals surface area contributed by atoms with Gasteiger partial charge in [-0.2, -0.15) is 4.98 Å². The number of amides is 6. The molecule has 0 aliphatic heterocycles. The fourth-order valence-electron chi connectivity index (χ4n) is 5.83. The van der Waals surface area contributed by atoms with E-state index >= 15 is 0 Å². The number of alkyl carbamates (subject to hydrolysis) is 1. The van der Waals surface area contributed by atoms with Crippen molar-refractivity contribution >= 4 is 64.8 Å². The number of hydrogen-bond donors (Lipinski definition) is 5. The van der Waals surface area contributed by atoms with Crippen LogP contribution in [-0.2, 0) is 59.7 Å². The van der Waals surface area contributed by atoms with Gasteiger partial charge in [-0.1, -0.05) is 60.7 Å². The Kier molecular flexibility index (Phi) is 17.2. The smallest absolute Gasteiger partial charge is 0.413 e. The molecule has 0 saturated carbocycles. The minimum Gasteiger partial charge on any atom is -0.480 e. The minimum atomic E-state index is -1.37. The number of aliphatic carboxylic acids is 1. The normalized spacial score (nSPS) is 10.9. The van der Waals surface area contributed by atoms with Gasteiger partial charge in [0.1, 0.15) is 50.6 Å². The highest BCUT2D eigenvalue weighted by molar-refractivity contribution is 5.94. The van der Waals surface area contributed by atoms with Gasteiger partial charge in [-0.25, -0.2) is 34.1 Å². The third-order valence-corrected chi connectivity index (χ3v) is 8.88. The zero-order valence-electron chi connectivity index (χ0n) is 36.2. The third kappa shape index (κ3) is 15.7. The molecule has 0 atom stereocenters. The van der Waals surface area contributed by atoms with Crippen LogP contribution in [0.25, 0.3) is 11.2 Å². The lowest BCUT2D eigenvalue weighted by atomic mass is 10.2. The zero-order valence-corrected chi connectivity index (χ0v) is 36.2. The van der Waals surface area contributed by atoms with E-state index in [4.69, 9.17) is 14.2 Å². The summed E-state index contributed by atoms with van der Waals surface area (Å²) in [5.41, 5.74) is 0.0834. The van der Waals surface area contributed by atoms with E-state index in [0.717, 1.165) is 31.8 Å².